The maximum atomic E-state index is 7.69. The molecule has 4 aliphatic heterocycles. The normalized spacial score (nSPS) is 13.4. The van der Waals surface area contributed by atoms with Gasteiger partial charge in [0.1, 0.15) is 23.0 Å². The molecule has 314 valence electrons. The summed E-state index contributed by atoms with van der Waals surface area (Å²) in [7, 11) is 0. The molecule has 0 N–H and O–H groups in total. The van der Waals surface area contributed by atoms with Crippen molar-refractivity contribution in [3.8, 4) is 45.3 Å². The Morgan fingerprint density at radius 3 is 1.03 bits per heavy atom. The van der Waals surface area contributed by atoms with Crippen molar-refractivity contribution in [3.05, 3.63) is 203 Å². The predicted molar refractivity (Wildman–Crippen MR) is 277 cm³/mol. The number of aryl methyl sites for hydroxylation is 6. The lowest BCUT2D eigenvalue weighted by molar-refractivity contribution is 0.477. The van der Waals surface area contributed by atoms with E-state index < -0.39 is 0 Å². The molecule has 13 rings (SSSR count). The fraction of sp³-hybridized carbons (Fsp3) is 0.100. The summed E-state index contributed by atoms with van der Waals surface area (Å²) in [4.78, 5) is 4.92. The third-order valence-electron chi connectivity index (χ3n) is 14.4. The summed E-state index contributed by atoms with van der Waals surface area (Å²) in [5.41, 5.74) is 25.4. The van der Waals surface area contributed by atoms with Crippen LogP contribution in [0.5, 0.6) is 23.0 Å². The van der Waals surface area contributed by atoms with Gasteiger partial charge in [-0.25, -0.2) is 0 Å². The minimum atomic E-state index is -0.148. The first-order valence-corrected chi connectivity index (χ1v) is 23.1. The van der Waals surface area contributed by atoms with Crippen molar-refractivity contribution in [2.75, 3.05) is 9.80 Å². The first-order chi connectivity index (χ1) is 32.2. The molecule has 4 heterocycles. The maximum absolute atomic E-state index is 7.69. The van der Waals surface area contributed by atoms with Gasteiger partial charge >= 0.3 is 0 Å². The van der Waals surface area contributed by atoms with Crippen LogP contribution in [0, 0.1) is 41.5 Å². The number of hydrogen-bond acceptors (Lipinski definition) is 4. The Morgan fingerprint density at radius 2 is 0.652 bits per heavy atom. The molecular formula is C60H46B2N2O2. The van der Waals surface area contributed by atoms with Gasteiger partial charge in [-0.2, -0.15) is 0 Å². The SMILES string of the molecule is Cc1ccc(-c2ccc3c(c2)Oc2c4c(c5c6c2N(c2ccc(C)cc2)c2ccc(C)cc2B6c2ccc(-c6ccc(C)cc6)cc2O5)N(c2ccc(C)cc2)c2ccc(C)cc2B34)cc1. The molecule has 66 heavy (non-hydrogen) atoms. The molecule has 9 aromatic rings. The second kappa shape index (κ2) is 14.4. The molecule has 0 unspecified atom stereocenters. The number of benzene rings is 9. The van der Waals surface area contributed by atoms with Crippen molar-refractivity contribution in [1.29, 1.82) is 0 Å². The zero-order valence-electron chi connectivity index (χ0n) is 38.0. The summed E-state index contributed by atoms with van der Waals surface area (Å²) in [5.74, 6) is 3.48. The van der Waals surface area contributed by atoms with Crippen molar-refractivity contribution in [3.63, 3.8) is 0 Å². The van der Waals surface area contributed by atoms with Gasteiger partial charge in [-0.15, -0.1) is 0 Å². The minimum absolute atomic E-state index is 0.148. The zero-order valence-corrected chi connectivity index (χ0v) is 38.0. The van der Waals surface area contributed by atoms with E-state index in [1.54, 1.807) is 0 Å². The summed E-state index contributed by atoms with van der Waals surface area (Å²) in [6.45, 7) is 12.7. The average molecular weight is 849 g/mol. The van der Waals surface area contributed by atoms with Crippen LogP contribution in [0.25, 0.3) is 22.3 Å². The van der Waals surface area contributed by atoms with Crippen molar-refractivity contribution in [2.24, 2.45) is 0 Å². The van der Waals surface area contributed by atoms with Crippen LogP contribution in [-0.4, -0.2) is 13.4 Å². The van der Waals surface area contributed by atoms with Gasteiger partial charge in [0.05, 0.1) is 11.4 Å². The van der Waals surface area contributed by atoms with Gasteiger partial charge < -0.3 is 19.3 Å². The van der Waals surface area contributed by atoms with Crippen LogP contribution in [0.15, 0.2) is 170 Å². The Kier molecular flexibility index (Phi) is 8.46. The van der Waals surface area contributed by atoms with Gasteiger partial charge in [0, 0.05) is 33.7 Å². The zero-order chi connectivity index (χ0) is 44.5. The highest BCUT2D eigenvalue weighted by Gasteiger charge is 2.52. The molecule has 0 aromatic heterocycles. The summed E-state index contributed by atoms with van der Waals surface area (Å²) in [6.07, 6.45) is 0. The fourth-order valence-corrected chi connectivity index (χ4v) is 11.0. The van der Waals surface area contributed by atoms with Crippen molar-refractivity contribution < 1.29 is 9.47 Å². The van der Waals surface area contributed by atoms with E-state index in [4.69, 9.17) is 9.47 Å². The number of rotatable bonds is 4. The van der Waals surface area contributed by atoms with E-state index in [0.29, 0.717) is 0 Å². The third-order valence-corrected chi connectivity index (χ3v) is 14.4. The molecule has 4 nitrogen and oxygen atoms in total. The van der Waals surface area contributed by atoms with E-state index in [9.17, 15) is 0 Å². The number of ether oxygens (including phenoxy) is 2. The molecule has 0 fully saturated rings. The molecule has 6 heteroatoms. The Bertz CT molecular complexity index is 3260. The van der Waals surface area contributed by atoms with Crippen molar-refractivity contribution >= 4 is 80.3 Å². The third kappa shape index (κ3) is 5.80. The van der Waals surface area contributed by atoms with Gasteiger partial charge in [0.25, 0.3) is 13.4 Å². The first kappa shape index (κ1) is 38.7. The molecule has 0 saturated heterocycles. The molecule has 0 atom stereocenters. The summed E-state index contributed by atoms with van der Waals surface area (Å²) in [5, 5.41) is 0. The van der Waals surface area contributed by atoms with Crippen LogP contribution in [0.1, 0.15) is 33.4 Å². The number of nitrogens with zero attached hydrogens (tertiary/aromatic N) is 2. The summed E-state index contributed by atoms with van der Waals surface area (Å²) >= 11 is 0. The predicted octanol–water partition coefficient (Wildman–Crippen LogP) is 11.7. The summed E-state index contributed by atoms with van der Waals surface area (Å²) < 4.78 is 15.4. The smallest absolute Gasteiger partial charge is 0.256 e. The Hall–Kier alpha value is -7.69. The molecule has 9 aromatic carbocycles. The van der Waals surface area contributed by atoms with Crippen LogP contribution in [0.2, 0.25) is 0 Å². The van der Waals surface area contributed by atoms with Crippen LogP contribution < -0.4 is 52.1 Å². The number of fused-ring (bicyclic) bond motifs is 10. The standard InChI is InChI=1S/C60H46B2N2O2/c1-35-7-17-41(18-8-35)43-21-27-47-53(33-43)65-59-55-58(64(46-25-13-38(4)14-26-46)51-29-15-39(5)31-49(51)61(47)55)60-56-57(59)63(45-23-11-37(3)12-24-45)52-30-16-40(6)32-50(52)62(56)48-28-22-44(34-54(48)66-60)42-19-9-36(2)10-20-42/h7-34H,1-6H3. The van der Waals surface area contributed by atoms with E-state index in [2.05, 4.69) is 221 Å². The van der Waals surface area contributed by atoms with E-state index in [0.717, 1.165) is 101 Å². The van der Waals surface area contributed by atoms with Crippen LogP contribution in [0.3, 0.4) is 0 Å². The van der Waals surface area contributed by atoms with E-state index in [1.807, 2.05) is 0 Å². The molecule has 0 spiro atoms. The van der Waals surface area contributed by atoms with Crippen molar-refractivity contribution in [1.82, 2.24) is 0 Å². The maximum Gasteiger partial charge on any atom is 0.256 e. The average Bonchev–Trinajstić information content (AvgIpc) is 3.33. The second-order valence-electron chi connectivity index (χ2n) is 19.0. The molecular weight excluding hydrogens is 802 g/mol. The highest BCUT2D eigenvalue weighted by Crippen LogP contribution is 2.54. The van der Waals surface area contributed by atoms with Crippen LogP contribution in [0.4, 0.5) is 34.1 Å². The summed E-state index contributed by atoms with van der Waals surface area (Å²) in [6, 6.07) is 63.1. The first-order valence-electron chi connectivity index (χ1n) is 23.1. The van der Waals surface area contributed by atoms with Gasteiger partial charge in [-0.05, 0) is 134 Å². The van der Waals surface area contributed by atoms with Gasteiger partial charge in [-0.3, -0.25) is 0 Å². The highest BCUT2D eigenvalue weighted by molar-refractivity contribution is 7.02. The fourth-order valence-electron chi connectivity index (χ4n) is 11.0. The minimum Gasteiger partial charge on any atom is -0.456 e. The molecule has 0 radical (unpaired) electrons. The topological polar surface area (TPSA) is 24.9 Å². The largest absolute Gasteiger partial charge is 0.456 e. The van der Waals surface area contributed by atoms with Gasteiger partial charge in [0.2, 0.25) is 0 Å². The monoisotopic (exact) mass is 848 g/mol. The highest BCUT2D eigenvalue weighted by atomic mass is 16.5. The van der Waals surface area contributed by atoms with Gasteiger partial charge in [-0.1, -0.05) is 155 Å². The van der Waals surface area contributed by atoms with E-state index in [-0.39, 0.29) is 13.4 Å². The lowest BCUT2D eigenvalue weighted by atomic mass is 9.31. The Balaban J connectivity index is 1.17. The van der Waals surface area contributed by atoms with Crippen LogP contribution in [-0.2, 0) is 0 Å². The number of anilines is 6. The molecule has 0 bridgehead atoms. The molecule has 0 amide bonds. The Labute approximate surface area is 387 Å². The van der Waals surface area contributed by atoms with Crippen LogP contribution >= 0.6 is 0 Å². The Morgan fingerprint density at radius 1 is 0.318 bits per heavy atom. The molecule has 0 aliphatic carbocycles. The molecule has 0 saturated carbocycles. The molecule has 4 aliphatic rings. The van der Waals surface area contributed by atoms with E-state index in [1.165, 1.54) is 44.3 Å². The van der Waals surface area contributed by atoms with Gasteiger partial charge in [0.15, 0.2) is 0 Å². The lowest BCUT2D eigenvalue weighted by Crippen LogP contribution is -2.64. The van der Waals surface area contributed by atoms with E-state index >= 15 is 0 Å². The quantitative estimate of drug-likeness (QED) is 0.165. The number of hydrogen-bond donors (Lipinski definition) is 0. The second-order valence-corrected chi connectivity index (χ2v) is 19.0. The van der Waals surface area contributed by atoms with Crippen molar-refractivity contribution in [2.45, 2.75) is 41.5 Å². The lowest BCUT2D eigenvalue weighted by Gasteiger charge is -2.47.